The standard InChI is InChI=1S/C15H16N2O/c16-14(18)11-15(17,12-7-3-1-4-8-12)13-9-5-2-6-10-13/h1-10H,11,17H2,(H2,16,18). The molecule has 18 heavy (non-hydrogen) atoms. The molecule has 3 heteroatoms. The predicted octanol–water partition coefficient (Wildman–Crippen LogP) is 1.76. The van der Waals surface area contributed by atoms with Crippen molar-refractivity contribution in [2.45, 2.75) is 12.0 Å². The van der Waals surface area contributed by atoms with Crippen molar-refractivity contribution in [1.29, 1.82) is 0 Å². The molecule has 0 aromatic heterocycles. The lowest BCUT2D eigenvalue weighted by Crippen LogP contribution is -2.41. The highest BCUT2D eigenvalue weighted by atomic mass is 16.1. The molecule has 2 aromatic rings. The van der Waals surface area contributed by atoms with Crippen LogP contribution >= 0.6 is 0 Å². The molecule has 0 aliphatic rings. The summed E-state index contributed by atoms with van der Waals surface area (Å²) in [5, 5.41) is 0. The number of primary amides is 1. The van der Waals surface area contributed by atoms with Crippen LogP contribution in [0.4, 0.5) is 0 Å². The van der Waals surface area contributed by atoms with E-state index in [-0.39, 0.29) is 6.42 Å². The number of hydrogen-bond donors (Lipinski definition) is 2. The van der Waals surface area contributed by atoms with Crippen molar-refractivity contribution in [3.8, 4) is 0 Å². The molecule has 1 amide bonds. The van der Waals surface area contributed by atoms with E-state index in [0.29, 0.717) is 0 Å². The number of hydrogen-bond acceptors (Lipinski definition) is 2. The fourth-order valence-electron chi connectivity index (χ4n) is 2.12. The summed E-state index contributed by atoms with van der Waals surface area (Å²) in [6.07, 6.45) is 0.0844. The van der Waals surface area contributed by atoms with Crippen LogP contribution in [0, 0.1) is 0 Å². The highest BCUT2D eigenvalue weighted by molar-refractivity contribution is 5.76. The van der Waals surface area contributed by atoms with Crippen molar-refractivity contribution in [2.24, 2.45) is 11.5 Å². The minimum Gasteiger partial charge on any atom is -0.370 e. The maximum Gasteiger partial charge on any atom is 0.219 e. The van der Waals surface area contributed by atoms with Gasteiger partial charge in [0.2, 0.25) is 5.91 Å². The Morgan fingerprint density at radius 3 is 1.61 bits per heavy atom. The van der Waals surface area contributed by atoms with E-state index < -0.39 is 11.4 Å². The quantitative estimate of drug-likeness (QED) is 0.855. The topological polar surface area (TPSA) is 69.1 Å². The summed E-state index contributed by atoms with van der Waals surface area (Å²) in [7, 11) is 0. The number of rotatable bonds is 4. The number of amides is 1. The van der Waals surface area contributed by atoms with Gasteiger partial charge < -0.3 is 11.5 Å². The second-order valence-electron chi connectivity index (χ2n) is 4.35. The molecule has 2 rings (SSSR count). The van der Waals surface area contributed by atoms with E-state index in [1.54, 1.807) is 0 Å². The van der Waals surface area contributed by atoms with Gasteiger partial charge in [0.05, 0.1) is 12.0 Å². The van der Waals surface area contributed by atoms with Crippen LogP contribution in [-0.2, 0) is 10.3 Å². The Morgan fingerprint density at radius 2 is 1.28 bits per heavy atom. The average Bonchev–Trinajstić information content (AvgIpc) is 2.40. The number of nitrogens with two attached hydrogens (primary N) is 2. The van der Waals surface area contributed by atoms with E-state index in [4.69, 9.17) is 11.5 Å². The minimum absolute atomic E-state index is 0.0844. The predicted molar refractivity (Wildman–Crippen MR) is 71.7 cm³/mol. The molecule has 3 nitrogen and oxygen atoms in total. The molecule has 0 fully saturated rings. The van der Waals surface area contributed by atoms with E-state index in [9.17, 15) is 4.79 Å². The van der Waals surface area contributed by atoms with Gasteiger partial charge in [-0.2, -0.15) is 0 Å². The van der Waals surface area contributed by atoms with Gasteiger partial charge in [-0.25, -0.2) is 0 Å². The molecule has 0 heterocycles. The molecule has 92 valence electrons. The maximum absolute atomic E-state index is 11.3. The van der Waals surface area contributed by atoms with Gasteiger partial charge in [0.15, 0.2) is 0 Å². The molecule has 0 unspecified atom stereocenters. The van der Waals surface area contributed by atoms with Gasteiger partial charge in [-0.15, -0.1) is 0 Å². The van der Waals surface area contributed by atoms with Gasteiger partial charge in [0.25, 0.3) is 0 Å². The molecule has 0 saturated carbocycles. The smallest absolute Gasteiger partial charge is 0.219 e. The highest BCUT2D eigenvalue weighted by Gasteiger charge is 2.31. The first-order chi connectivity index (χ1) is 8.63. The molecule has 0 atom stereocenters. The molecular weight excluding hydrogens is 224 g/mol. The third-order valence-electron chi connectivity index (χ3n) is 3.03. The fraction of sp³-hybridized carbons (Fsp3) is 0.133. The molecule has 2 aromatic carbocycles. The first-order valence-electron chi connectivity index (χ1n) is 5.81. The third kappa shape index (κ3) is 2.41. The summed E-state index contributed by atoms with van der Waals surface area (Å²) in [5.41, 5.74) is 12.7. The van der Waals surface area contributed by atoms with Crippen LogP contribution in [0.2, 0.25) is 0 Å². The van der Waals surface area contributed by atoms with Crippen LogP contribution in [0.3, 0.4) is 0 Å². The summed E-state index contributed by atoms with van der Waals surface area (Å²) in [6, 6.07) is 19.1. The van der Waals surface area contributed by atoms with Gasteiger partial charge in [-0.05, 0) is 11.1 Å². The van der Waals surface area contributed by atoms with E-state index >= 15 is 0 Å². The Labute approximate surface area is 106 Å². The first kappa shape index (κ1) is 12.3. The number of benzene rings is 2. The summed E-state index contributed by atoms with van der Waals surface area (Å²) < 4.78 is 0. The Morgan fingerprint density at radius 1 is 0.889 bits per heavy atom. The molecule has 0 spiro atoms. The fourth-order valence-corrected chi connectivity index (χ4v) is 2.12. The number of carbonyl (C=O) groups excluding carboxylic acids is 1. The van der Waals surface area contributed by atoms with Crippen molar-refractivity contribution in [3.05, 3.63) is 71.8 Å². The van der Waals surface area contributed by atoms with Crippen molar-refractivity contribution in [2.75, 3.05) is 0 Å². The first-order valence-corrected chi connectivity index (χ1v) is 5.81. The molecule has 0 bridgehead atoms. The van der Waals surface area contributed by atoms with Crippen LogP contribution in [0.25, 0.3) is 0 Å². The summed E-state index contributed by atoms with van der Waals surface area (Å²) in [4.78, 5) is 11.3. The van der Waals surface area contributed by atoms with Gasteiger partial charge in [0.1, 0.15) is 0 Å². The van der Waals surface area contributed by atoms with Crippen LogP contribution in [0.5, 0.6) is 0 Å². The van der Waals surface area contributed by atoms with Crippen molar-refractivity contribution < 1.29 is 4.79 Å². The molecule has 0 aliphatic heterocycles. The molecule has 0 aliphatic carbocycles. The van der Waals surface area contributed by atoms with Crippen molar-refractivity contribution in [3.63, 3.8) is 0 Å². The van der Waals surface area contributed by atoms with Crippen molar-refractivity contribution in [1.82, 2.24) is 0 Å². The second-order valence-corrected chi connectivity index (χ2v) is 4.35. The van der Waals surface area contributed by atoms with Gasteiger partial charge in [-0.3, -0.25) is 4.79 Å². The van der Waals surface area contributed by atoms with Gasteiger partial charge in [-0.1, -0.05) is 60.7 Å². The number of carbonyl (C=O) groups is 1. The Bertz CT molecular complexity index is 483. The third-order valence-corrected chi connectivity index (χ3v) is 3.03. The highest BCUT2D eigenvalue weighted by Crippen LogP contribution is 2.29. The van der Waals surface area contributed by atoms with E-state index in [1.807, 2.05) is 60.7 Å². The lowest BCUT2D eigenvalue weighted by atomic mass is 9.81. The van der Waals surface area contributed by atoms with E-state index in [2.05, 4.69) is 0 Å². The lowest BCUT2D eigenvalue weighted by Gasteiger charge is -2.29. The van der Waals surface area contributed by atoms with Gasteiger partial charge >= 0.3 is 0 Å². The summed E-state index contributed by atoms with van der Waals surface area (Å²) in [5.74, 6) is -0.412. The normalized spacial score (nSPS) is 11.2. The van der Waals surface area contributed by atoms with Crippen LogP contribution < -0.4 is 11.5 Å². The molecule has 4 N–H and O–H groups in total. The second kappa shape index (κ2) is 5.02. The maximum atomic E-state index is 11.3. The van der Waals surface area contributed by atoms with Crippen molar-refractivity contribution >= 4 is 5.91 Å². The molecule has 0 saturated heterocycles. The zero-order valence-electron chi connectivity index (χ0n) is 10.0. The van der Waals surface area contributed by atoms with Crippen LogP contribution in [-0.4, -0.2) is 5.91 Å². The monoisotopic (exact) mass is 240 g/mol. The zero-order chi connectivity index (χ0) is 13.0. The van der Waals surface area contributed by atoms with E-state index in [1.165, 1.54) is 0 Å². The van der Waals surface area contributed by atoms with E-state index in [0.717, 1.165) is 11.1 Å². The summed E-state index contributed by atoms with van der Waals surface area (Å²) in [6.45, 7) is 0. The Hall–Kier alpha value is -2.13. The Kier molecular flexibility index (Phi) is 3.44. The largest absolute Gasteiger partial charge is 0.370 e. The lowest BCUT2D eigenvalue weighted by molar-refractivity contribution is -0.118. The minimum atomic E-state index is -0.867. The summed E-state index contributed by atoms with van der Waals surface area (Å²) >= 11 is 0. The molecular formula is C15H16N2O. The Balaban J connectivity index is 2.51. The van der Waals surface area contributed by atoms with Gasteiger partial charge in [0, 0.05) is 0 Å². The zero-order valence-corrected chi connectivity index (χ0v) is 10.0. The molecule has 0 radical (unpaired) electrons. The van der Waals surface area contributed by atoms with Crippen LogP contribution in [0.15, 0.2) is 60.7 Å². The SMILES string of the molecule is NC(=O)CC(N)(c1ccccc1)c1ccccc1. The van der Waals surface area contributed by atoms with Crippen LogP contribution in [0.1, 0.15) is 17.5 Å². The average molecular weight is 240 g/mol.